The van der Waals surface area contributed by atoms with E-state index in [-0.39, 0.29) is 6.10 Å². The molecule has 0 amide bonds. The molecule has 0 bridgehead atoms. The average molecular weight is 115 g/mol. The molecule has 1 N–H and O–H groups in total. The predicted octanol–water partition coefficient (Wildman–Crippen LogP) is 0.625. The lowest BCUT2D eigenvalue weighted by Gasteiger charge is -1.97. The highest BCUT2D eigenvalue weighted by atomic mass is 16.5. The van der Waals surface area contributed by atoms with Gasteiger partial charge in [-0.05, 0) is 6.92 Å². The Labute approximate surface area is 48.0 Å². The molecule has 3 nitrogen and oxygen atoms in total. The zero-order valence-electron chi connectivity index (χ0n) is 4.79. The monoisotopic (exact) mass is 115 g/mol. The van der Waals surface area contributed by atoms with Crippen molar-refractivity contribution in [3.8, 4) is 0 Å². The molecule has 1 atom stereocenters. The first-order valence-electron chi connectivity index (χ1n) is 2.67. The minimum atomic E-state index is 0.0278. The predicted molar refractivity (Wildman–Crippen MR) is 29.3 cm³/mol. The molecule has 1 heterocycles. The van der Waals surface area contributed by atoms with Crippen LogP contribution in [0.1, 0.15) is 13.3 Å². The highest BCUT2D eigenvalue weighted by molar-refractivity contribution is 5.89. The largest absolute Gasteiger partial charge is 0.411 e. The summed E-state index contributed by atoms with van der Waals surface area (Å²) in [6, 6.07) is 0. The van der Waals surface area contributed by atoms with Crippen molar-refractivity contribution in [2.75, 3.05) is 6.61 Å². The first-order valence-corrected chi connectivity index (χ1v) is 2.67. The highest BCUT2D eigenvalue weighted by Gasteiger charge is 2.18. The van der Waals surface area contributed by atoms with Crippen LogP contribution in [0.5, 0.6) is 0 Å². The fourth-order valence-electron chi connectivity index (χ4n) is 0.771. The number of nitrogens with zero attached hydrogens (tertiary/aromatic N) is 1. The molecule has 1 saturated heterocycles. The molecule has 1 aliphatic rings. The van der Waals surface area contributed by atoms with E-state index < -0.39 is 0 Å². The molecule has 1 fully saturated rings. The van der Waals surface area contributed by atoms with Crippen molar-refractivity contribution >= 4 is 5.71 Å². The number of oxime groups is 1. The maximum absolute atomic E-state index is 8.24. The molecule has 0 aliphatic carbocycles. The average Bonchev–Trinajstić information content (AvgIpc) is 2.14. The van der Waals surface area contributed by atoms with Gasteiger partial charge in [-0.3, -0.25) is 0 Å². The Morgan fingerprint density at radius 1 is 1.88 bits per heavy atom. The molecule has 0 unspecified atom stereocenters. The summed E-state index contributed by atoms with van der Waals surface area (Å²) in [7, 11) is 0. The number of hydrogen-bond donors (Lipinski definition) is 1. The second-order valence-electron chi connectivity index (χ2n) is 1.85. The number of hydrogen-bond acceptors (Lipinski definition) is 3. The third-order valence-corrected chi connectivity index (χ3v) is 1.32. The first kappa shape index (κ1) is 5.56. The molecule has 1 aliphatic heterocycles. The van der Waals surface area contributed by atoms with Crippen molar-refractivity contribution in [3.05, 3.63) is 0 Å². The third-order valence-electron chi connectivity index (χ3n) is 1.32. The molecule has 8 heavy (non-hydrogen) atoms. The van der Waals surface area contributed by atoms with E-state index in [1.54, 1.807) is 0 Å². The summed E-state index contributed by atoms with van der Waals surface area (Å²) in [6.07, 6.45) is 0.803. The van der Waals surface area contributed by atoms with Gasteiger partial charge >= 0.3 is 0 Å². The minimum Gasteiger partial charge on any atom is -0.411 e. The summed E-state index contributed by atoms with van der Waals surface area (Å²) in [5.74, 6) is 0. The van der Waals surface area contributed by atoms with Crippen LogP contribution in [0, 0.1) is 0 Å². The molecule has 0 radical (unpaired) electrons. The molecule has 3 heteroatoms. The van der Waals surface area contributed by atoms with Gasteiger partial charge in [0, 0.05) is 6.42 Å². The van der Waals surface area contributed by atoms with Crippen LogP contribution < -0.4 is 0 Å². The summed E-state index contributed by atoms with van der Waals surface area (Å²) in [4.78, 5) is 0. The van der Waals surface area contributed by atoms with Crippen molar-refractivity contribution in [2.24, 2.45) is 5.16 Å². The van der Waals surface area contributed by atoms with Crippen LogP contribution >= 0.6 is 0 Å². The molecule has 0 aromatic carbocycles. The fraction of sp³-hybridized carbons (Fsp3) is 0.800. The maximum atomic E-state index is 8.24. The van der Waals surface area contributed by atoms with Crippen LogP contribution in [0.3, 0.4) is 0 Å². The van der Waals surface area contributed by atoms with Crippen molar-refractivity contribution in [3.63, 3.8) is 0 Å². The molecular formula is C5H9NO2. The number of ether oxygens (including phenoxy) is 1. The summed E-state index contributed by atoms with van der Waals surface area (Å²) < 4.78 is 5.07. The Hall–Kier alpha value is -0.570. The van der Waals surface area contributed by atoms with Crippen LogP contribution in [0.2, 0.25) is 0 Å². The van der Waals surface area contributed by atoms with E-state index in [2.05, 4.69) is 5.16 Å². The van der Waals surface area contributed by atoms with E-state index in [1.165, 1.54) is 0 Å². The summed E-state index contributed by atoms with van der Waals surface area (Å²) >= 11 is 0. The highest BCUT2D eigenvalue weighted by Crippen LogP contribution is 2.07. The van der Waals surface area contributed by atoms with Gasteiger partial charge in [0.1, 0.15) is 0 Å². The van der Waals surface area contributed by atoms with Crippen molar-refractivity contribution in [1.29, 1.82) is 0 Å². The lowest BCUT2D eigenvalue weighted by atomic mass is 10.2. The van der Waals surface area contributed by atoms with Gasteiger partial charge < -0.3 is 9.94 Å². The van der Waals surface area contributed by atoms with Crippen LogP contribution in [-0.2, 0) is 4.74 Å². The fourth-order valence-corrected chi connectivity index (χ4v) is 0.771. The van der Waals surface area contributed by atoms with Gasteiger partial charge in [0.15, 0.2) is 0 Å². The van der Waals surface area contributed by atoms with Gasteiger partial charge in [-0.25, -0.2) is 0 Å². The van der Waals surface area contributed by atoms with Gasteiger partial charge in [-0.2, -0.15) is 0 Å². The van der Waals surface area contributed by atoms with E-state index in [0.29, 0.717) is 6.61 Å². The van der Waals surface area contributed by atoms with Gasteiger partial charge in [0.25, 0.3) is 0 Å². The second kappa shape index (κ2) is 2.13. The van der Waals surface area contributed by atoms with Gasteiger partial charge in [0.05, 0.1) is 18.4 Å². The summed E-state index contributed by atoms with van der Waals surface area (Å²) in [5, 5.41) is 11.3. The molecule has 0 aromatic heterocycles. The van der Waals surface area contributed by atoms with E-state index in [0.717, 1.165) is 12.1 Å². The summed E-state index contributed by atoms with van der Waals surface area (Å²) in [6.45, 7) is 2.57. The molecule has 0 spiro atoms. The van der Waals surface area contributed by atoms with E-state index in [4.69, 9.17) is 9.94 Å². The molecule has 46 valence electrons. The second-order valence-corrected chi connectivity index (χ2v) is 1.85. The third kappa shape index (κ3) is 0.816. The molecule has 1 rings (SSSR count). The normalized spacial score (nSPS) is 34.1. The number of rotatable bonds is 0. The van der Waals surface area contributed by atoms with Crippen molar-refractivity contribution < 1.29 is 9.94 Å². The topological polar surface area (TPSA) is 41.8 Å². The summed E-state index contributed by atoms with van der Waals surface area (Å²) in [5.41, 5.74) is 0.755. The first-order chi connectivity index (χ1) is 3.84. The van der Waals surface area contributed by atoms with Gasteiger partial charge in [-0.1, -0.05) is 5.16 Å². The van der Waals surface area contributed by atoms with Crippen LogP contribution in [-0.4, -0.2) is 23.6 Å². The quantitative estimate of drug-likeness (QED) is 0.371. The Kier molecular flexibility index (Phi) is 1.48. The van der Waals surface area contributed by atoms with E-state index >= 15 is 0 Å². The van der Waals surface area contributed by atoms with Crippen molar-refractivity contribution in [2.45, 2.75) is 19.4 Å². The zero-order valence-corrected chi connectivity index (χ0v) is 4.79. The smallest absolute Gasteiger partial charge is 0.0962 e. The Morgan fingerprint density at radius 3 is 2.88 bits per heavy atom. The molecule has 0 saturated carbocycles. The maximum Gasteiger partial charge on any atom is 0.0962 e. The van der Waals surface area contributed by atoms with Gasteiger partial charge in [-0.15, -0.1) is 0 Å². The Balaban J connectivity index is 2.55. The standard InChI is InChI=1S/C5H9NO2/c1-4-5(6-7)2-3-8-4/h4,7H,2-3H2,1H3/b6-5-/t4-/m0/s1. The SMILES string of the molecule is C[C@@H]1OCC/C1=N/O. The Bertz CT molecular complexity index is 111. The van der Waals surface area contributed by atoms with Crippen LogP contribution in [0.25, 0.3) is 0 Å². The van der Waals surface area contributed by atoms with E-state index in [1.807, 2.05) is 6.92 Å². The van der Waals surface area contributed by atoms with Crippen LogP contribution in [0.15, 0.2) is 5.16 Å². The lowest BCUT2D eigenvalue weighted by molar-refractivity contribution is 0.144. The van der Waals surface area contributed by atoms with E-state index in [9.17, 15) is 0 Å². The minimum absolute atomic E-state index is 0.0278. The molecule has 0 aromatic rings. The lowest BCUT2D eigenvalue weighted by Crippen LogP contribution is -2.09. The van der Waals surface area contributed by atoms with Gasteiger partial charge in [0.2, 0.25) is 0 Å². The van der Waals surface area contributed by atoms with Crippen LogP contribution in [0.4, 0.5) is 0 Å². The van der Waals surface area contributed by atoms with Crippen molar-refractivity contribution in [1.82, 2.24) is 0 Å². The Morgan fingerprint density at radius 2 is 2.62 bits per heavy atom. The molecular weight excluding hydrogens is 106 g/mol. The zero-order chi connectivity index (χ0) is 5.98.